The molecule has 0 saturated carbocycles. The van der Waals surface area contributed by atoms with Crippen molar-refractivity contribution in [1.29, 1.82) is 0 Å². The van der Waals surface area contributed by atoms with Gasteiger partial charge in [-0.3, -0.25) is 0 Å². The molecule has 11 heteroatoms. The predicted octanol–water partition coefficient (Wildman–Crippen LogP) is 3.81. The summed E-state index contributed by atoms with van der Waals surface area (Å²) in [7, 11) is -3.10. The minimum absolute atomic E-state index is 0.0169. The highest BCUT2D eigenvalue weighted by Gasteiger charge is 2.39. The maximum absolute atomic E-state index is 14.7. The SMILES string of the molecule is CC(C)c1ccc(N2CC[C@@H](S(C)(=O)=O)C2)c2cnc(Nc3ccnc(N4CC[C@@H](O)[C@@](C)(F)C4)n3)cc12. The number of hydrogen-bond acceptors (Lipinski definition) is 9. The highest BCUT2D eigenvalue weighted by atomic mass is 32.2. The van der Waals surface area contributed by atoms with Crippen molar-refractivity contribution in [1.82, 2.24) is 15.0 Å². The number of anilines is 4. The third-order valence-corrected chi connectivity index (χ3v) is 9.27. The summed E-state index contributed by atoms with van der Waals surface area (Å²) < 4.78 is 39.0. The van der Waals surface area contributed by atoms with E-state index in [1.54, 1.807) is 17.2 Å². The molecule has 2 aromatic heterocycles. The van der Waals surface area contributed by atoms with Gasteiger partial charge in [-0.2, -0.15) is 4.98 Å². The van der Waals surface area contributed by atoms with Gasteiger partial charge in [-0.25, -0.2) is 22.8 Å². The minimum Gasteiger partial charge on any atom is -0.390 e. The second-order valence-corrected chi connectivity index (χ2v) is 13.3. The lowest BCUT2D eigenvalue weighted by molar-refractivity contribution is -0.00860. The molecule has 2 aliphatic rings. The monoisotopic (exact) mass is 542 g/mol. The molecule has 2 fully saturated rings. The Balaban J connectivity index is 1.44. The standard InChI is InChI=1S/C27H35FN6O3S/c1-17(2)19-5-6-22(33-11-8-18(15-33)38(4,36)37)21-14-30-25(13-20(19)21)31-24-7-10-29-26(32-24)34-12-9-23(35)27(3,28)16-34/h5-7,10,13-14,17-18,23,35H,8-9,11-12,15-16H2,1-4H3,(H,29,30,31,32)/t18-,23-,27+/m1/s1. The van der Waals surface area contributed by atoms with Crippen LogP contribution < -0.4 is 15.1 Å². The van der Waals surface area contributed by atoms with Crippen molar-refractivity contribution < 1.29 is 17.9 Å². The molecule has 0 aliphatic carbocycles. The van der Waals surface area contributed by atoms with Gasteiger partial charge in [-0.1, -0.05) is 19.9 Å². The van der Waals surface area contributed by atoms with Crippen LogP contribution in [0.1, 0.15) is 45.1 Å². The fraction of sp³-hybridized carbons (Fsp3) is 0.519. The zero-order chi connectivity index (χ0) is 27.2. The summed E-state index contributed by atoms with van der Waals surface area (Å²) in [5.74, 6) is 1.82. The number of nitrogens with one attached hydrogen (secondary N) is 1. The molecule has 0 unspecified atom stereocenters. The average Bonchev–Trinajstić information content (AvgIpc) is 3.36. The van der Waals surface area contributed by atoms with Gasteiger partial charge in [0.1, 0.15) is 11.6 Å². The van der Waals surface area contributed by atoms with Crippen LogP contribution in [0.3, 0.4) is 0 Å². The van der Waals surface area contributed by atoms with Gasteiger partial charge in [0.25, 0.3) is 0 Å². The number of hydrogen-bond donors (Lipinski definition) is 2. The van der Waals surface area contributed by atoms with Crippen LogP contribution in [0.5, 0.6) is 0 Å². The first-order valence-electron chi connectivity index (χ1n) is 13.0. The van der Waals surface area contributed by atoms with E-state index in [1.807, 2.05) is 12.3 Å². The number of aliphatic hydroxyl groups is 1. The maximum Gasteiger partial charge on any atom is 0.227 e. The van der Waals surface area contributed by atoms with Crippen LogP contribution in [0.15, 0.2) is 36.7 Å². The second-order valence-electron chi connectivity index (χ2n) is 11.0. The summed E-state index contributed by atoms with van der Waals surface area (Å²) in [6.45, 7) is 7.32. The highest BCUT2D eigenvalue weighted by Crippen LogP contribution is 2.36. The lowest BCUT2D eigenvalue weighted by Gasteiger charge is -2.38. The smallest absolute Gasteiger partial charge is 0.227 e. The molecule has 0 spiro atoms. The van der Waals surface area contributed by atoms with Crippen molar-refractivity contribution in [3.05, 3.63) is 42.2 Å². The van der Waals surface area contributed by atoms with Crippen molar-refractivity contribution >= 4 is 43.9 Å². The number of halogens is 1. The Morgan fingerprint density at radius 2 is 1.87 bits per heavy atom. The largest absolute Gasteiger partial charge is 0.390 e. The lowest BCUT2D eigenvalue weighted by atomic mass is 9.94. The number of benzene rings is 1. The number of fused-ring (bicyclic) bond motifs is 1. The number of sulfone groups is 1. The molecule has 3 aromatic rings. The number of aromatic nitrogens is 3. The second kappa shape index (κ2) is 9.92. The van der Waals surface area contributed by atoms with E-state index in [4.69, 9.17) is 0 Å². The van der Waals surface area contributed by atoms with Crippen molar-refractivity contribution in [3.8, 4) is 0 Å². The van der Waals surface area contributed by atoms with E-state index in [-0.39, 0.29) is 17.7 Å². The van der Waals surface area contributed by atoms with E-state index in [2.05, 4.69) is 51.1 Å². The number of rotatable bonds is 6. The van der Waals surface area contributed by atoms with Crippen molar-refractivity contribution in [2.75, 3.05) is 47.6 Å². The molecular weight excluding hydrogens is 507 g/mol. The topological polar surface area (TPSA) is 112 Å². The highest BCUT2D eigenvalue weighted by molar-refractivity contribution is 7.91. The molecule has 9 nitrogen and oxygen atoms in total. The van der Waals surface area contributed by atoms with Crippen LogP contribution in [0.2, 0.25) is 0 Å². The molecule has 1 aromatic carbocycles. The van der Waals surface area contributed by atoms with Crippen LogP contribution in [-0.4, -0.2) is 77.9 Å². The number of pyridine rings is 1. The fourth-order valence-corrected chi connectivity index (χ4v) is 6.38. The summed E-state index contributed by atoms with van der Waals surface area (Å²) in [4.78, 5) is 17.4. The first-order valence-corrected chi connectivity index (χ1v) is 15.0. The van der Waals surface area contributed by atoms with Gasteiger partial charge in [-0.05, 0) is 54.8 Å². The first kappa shape index (κ1) is 26.6. The summed E-state index contributed by atoms with van der Waals surface area (Å²) in [5.41, 5.74) is 0.429. The Morgan fingerprint density at radius 3 is 2.55 bits per heavy atom. The van der Waals surface area contributed by atoms with Crippen molar-refractivity contribution in [3.63, 3.8) is 0 Å². The predicted molar refractivity (Wildman–Crippen MR) is 149 cm³/mol. The molecule has 204 valence electrons. The Labute approximate surface area is 223 Å². The Hall–Kier alpha value is -3.05. The molecule has 38 heavy (non-hydrogen) atoms. The summed E-state index contributed by atoms with van der Waals surface area (Å²) in [6, 6.07) is 7.91. The summed E-state index contributed by atoms with van der Waals surface area (Å²) in [5, 5.41) is 14.9. The quantitative estimate of drug-likeness (QED) is 0.480. The van der Waals surface area contributed by atoms with E-state index < -0.39 is 21.6 Å². The van der Waals surface area contributed by atoms with E-state index in [9.17, 15) is 17.9 Å². The molecule has 3 atom stereocenters. The number of aliphatic hydroxyl groups excluding tert-OH is 1. The Bertz CT molecular complexity index is 1450. The van der Waals surface area contributed by atoms with E-state index in [1.165, 1.54) is 18.7 Å². The molecule has 0 bridgehead atoms. The van der Waals surface area contributed by atoms with E-state index >= 15 is 0 Å². The van der Waals surface area contributed by atoms with Gasteiger partial charge in [0.05, 0.1) is 17.9 Å². The number of nitrogens with zero attached hydrogens (tertiary/aromatic N) is 5. The molecule has 2 N–H and O–H groups in total. The molecule has 4 heterocycles. The van der Waals surface area contributed by atoms with Crippen LogP contribution >= 0.6 is 0 Å². The van der Waals surface area contributed by atoms with Gasteiger partial charge in [0.15, 0.2) is 15.5 Å². The first-order chi connectivity index (χ1) is 17.9. The van der Waals surface area contributed by atoms with Crippen LogP contribution in [0, 0.1) is 0 Å². The number of alkyl halides is 1. The maximum atomic E-state index is 14.7. The number of piperidine rings is 1. The van der Waals surface area contributed by atoms with Gasteiger partial charge in [0.2, 0.25) is 5.95 Å². The van der Waals surface area contributed by atoms with Crippen LogP contribution in [-0.2, 0) is 9.84 Å². The molecule has 5 rings (SSSR count). The normalized spacial score (nSPS) is 24.4. The van der Waals surface area contributed by atoms with Gasteiger partial charge >= 0.3 is 0 Å². The molecule has 2 aliphatic heterocycles. The fourth-order valence-electron chi connectivity index (χ4n) is 5.40. The third-order valence-electron chi connectivity index (χ3n) is 7.67. The molecule has 0 radical (unpaired) electrons. The molecular formula is C27H35FN6O3S. The molecule has 2 saturated heterocycles. The van der Waals surface area contributed by atoms with Crippen LogP contribution in [0.25, 0.3) is 10.8 Å². The molecule has 0 amide bonds. The average molecular weight is 543 g/mol. The van der Waals surface area contributed by atoms with E-state index in [0.717, 1.165) is 16.5 Å². The van der Waals surface area contributed by atoms with E-state index in [0.29, 0.717) is 50.1 Å². The van der Waals surface area contributed by atoms with Crippen molar-refractivity contribution in [2.24, 2.45) is 0 Å². The third kappa shape index (κ3) is 5.26. The van der Waals surface area contributed by atoms with Gasteiger partial charge < -0.3 is 20.2 Å². The summed E-state index contributed by atoms with van der Waals surface area (Å²) >= 11 is 0. The van der Waals surface area contributed by atoms with Gasteiger partial charge in [0, 0.05) is 49.4 Å². The lowest BCUT2D eigenvalue weighted by Crippen LogP contribution is -2.52. The van der Waals surface area contributed by atoms with Crippen molar-refractivity contribution in [2.45, 2.75) is 56.6 Å². The Kier molecular flexibility index (Phi) is 6.93. The Morgan fingerprint density at radius 1 is 1.11 bits per heavy atom. The van der Waals surface area contributed by atoms with Crippen LogP contribution in [0.4, 0.5) is 27.7 Å². The minimum atomic E-state index is -3.10. The van der Waals surface area contributed by atoms with Gasteiger partial charge in [-0.15, -0.1) is 0 Å². The summed E-state index contributed by atoms with van der Waals surface area (Å²) in [6.07, 6.45) is 4.68. The zero-order valence-electron chi connectivity index (χ0n) is 22.2. The zero-order valence-corrected chi connectivity index (χ0v) is 23.0.